The third-order valence-corrected chi connectivity index (χ3v) is 1.04. The highest BCUT2D eigenvalue weighted by atomic mass is 31.1. The predicted octanol–water partition coefficient (Wildman–Crippen LogP) is -0.497. The molecule has 1 atom stereocenters. The van der Waals surface area contributed by atoms with Crippen LogP contribution in [0.4, 0.5) is 0 Å². The molecule has 0 fully saturated rings. The van der Waals surface area contributed by atoms with Crippen LogP contribution in [-0.4, -0.2) is 23.7 Å². The molecule has 6 nitrogen and oxygen atoms in total. The van der Waals surface area contributed by atoms with Crippen LogP contribution < -0.4 is 5.73 Å². The highest BCUT2D eigenvalue weighted by Gasteiger charge is 2.11. The zero-order chi connectivity index (χ0) is 8.15. The molecule has 0 bridgehead atoms. The lowest BCUT2D eigenvalue weighted by Crippen LogP contribution is -2.33. The maximum Gasteiger partial charge on any atom is 0.468 e. The summed E-state index contributed by atoms with van der Waals surface area (Å²) in [6, 6.07) is -1.28. The Hall–Kier alpha value is -0.710. The molecule has 0 amide bonds. The largest absolute Gasteiger partial charge is 0.480 e. The Morgan fingerprint density at radius 1 is 1.70 bits per heavy atom. The molecule has 1 unspecified atom stereocenters. The van der Waals surface area contributed by atoms with Gasteiger partial charge >= 0.3 is 13.9 Å². The minimum Gasteiger partial charge on any atom is -0.480 e. The van der Waals surface area contributed by atoms with Crippen molar-refractivity contribution in [3.8, 4) is 0 Å². The lowest BCUT2D eigenvalue weighted by Gasteiger charge is -1.99. The van der Waals surface area contributed by atoms with Crippen molar-refractivity contribution >= 4 is 13.9 Å². The van der Waals surface area contributed by atoms with Gasteiger partial charge in [0, 0.05) is 0 Å². The summed E-state index contributed by atoms with van der Waals surface area (Å²) in [4.78, 5) is 9.91. The first kappa shape index (κ1) is 9.29. The van der Waals surface area contributed by atoms with E-state index in [1.54, 1.807) is 0 Å². The van der Waals surface area contributed by atoms with Crippen molar-refractivity contribution in [2.24, 2.45) is 5.73 Å². The monoisotopic (exact) mass is 167 g/mol. The molecule has 0 aliphatic carbocycles. The second-order valence-electron chi connectivity index (χ2n) is 1.46. The Labute approximate surface area is 56.9 Å². The van der Waals surface area contributed by atoms with Crippen molar-refractivity contribution in [2.45, 2.75) is 6.04 Å². The molecule has 0 saturated heterocycles. The van der Waals surface area contributed by atoms with Crippen LogP contribution in [-0.2, 0) is 18.4 Å². The zero-order valence-electron chi connectivity index (χ0n) is 4.89. The van der Waals surface area contributed by atoms with E-state index >= 15 is 0 Å². The van der Waals surface area contributed by atoms with E-state index < -0.39 is 26.5 Å². The van der Waals surface area contributed by atoms with E-state index in [2.05, 4.69) is 4.52 Å². The van der Waals surface area contributed by atoms with Gasteiger partial charge in [-0.2, -0.15) is 0 Å². The third-order valence-electron chi connectivity index (χ3n) is 0.677. The second kappa shape index (κ2) is 4.16. The maximum absolute atomic E-state index is 9.91. The third kappa shape index (κ3) is 4.20. The quantitative estimate of drug-likeness (QED) is 0.546. The minimum absolute atomic E-state index is 0.520. The molecule has 0 saturated carbocycles. The van der Waals surface area contributed by atoms with Crippen LogP contribution in [0.25, 0.3) is 0 Å². The number of carboxylic acids is 1. The van der Waals surface area contributed by atoms with E-state index in [9.17, 15) is 13.9 Å². The Morgan fingerprint density at radius 3 is 2.50 bits per heavy atom. The summed E-state index contributed by atoms with van der Waals surface area (Å²) in [5.41, 5.74) is 4.87. The highest BCUT2D eigenvalue weighted by molar-refractivity contribution is 7.24. The van der Waals surface area contributed by atoms with Gasteiger partial charge in [-0.25, -0.2) is 9.13 Å². The smallest absolute Gasteiger partial charge is 0.468 e. The number of hydrogen-bond acceptors (Lipinski definition) is 5. The Bertz CT molecular complexity index is 179. The van der Waals surface area contributed by atoms with E-state index in [0.717, 1.165) is 0 Å². The Kier molecular flexibility index (Phi) is 3.87. The van der Waals surface area contributed by atoms with Gasteiger partial charge < -0.3 is 10.8 Å². The fourth-order valence-electron chi connectivity index (χ4n) is 0.212. The maximum atomic E-state index is 9.91. The standard InChI is InChI=1S/C3H6NO5P/c4-2(3(5)6)1-9-10(7)8/h2H,1,4H2,(H,5,6). The first-order valence-corrected chi connectivity index (χ1v) is 3.39. The van der Waals surface area contributed by atoms with Crippen LogP contribution in [0.5, 0.6) is 0 Å². The van der Waals surface area contributed by atoms with Crippen molar-refractivity contribution in [1.82, 2.24) is 0 Å². The van der Waals surface area contributed by atoms with E-state index in [4.69, 9.17) is 10.8 Å². The molecule has 0 aromatic rings. The number of aliphatic carboxylic acids is 1. The zero-order valence-corrected chi connectivity index (χ0v) is 5.78. The molecule has 0 rings (SSSR count). The van der Waals surface area contributed by atoms with Crippen molar-refractivity contribution in [2.75, 3.05) is 6.61 Å². The molecular weight excluding hydrogens is 161 g/mol. The predicted molar refractivity (Wildman–Crippen MR) is 29.9 cm³/mol. The average molecular weight is 167 g/mol. The van der Waals surface area contributed by atoms with E-state index in [1.165, 1.54) is 0 Å². The highest BCUT2D eigenvalue weighted by Crippen LogP contribution is 2.03. The summed E-state index contributed by atoms with van der Waals surface area (Å²) >= 11 is 0. The summed E-state index contributed by atoms with van der Waals surface area (Å²) in [5, 5.41) is 8.09. The average Bonchev–Trinajstić information content (AvgIpc) is 1.82. The van der Waals surface area contributed by atoms with Crippen LogP contribution in [0.3, 0.4) is 0 Å². The number of nitrogens with two attached hydrogens (primary N) is 1. The van der Waals surface area contributed by atoms with E-state index in [1.807, 2.05) is 0 Å². The molecular formula is C3H6NO5P. The Morgan fingerprint density at radius 2 is 2.20 bits per heavy atom. The van der Waals surface area contributed by atoms with Crippen LogP contribution in [0.1, 0.15) is 0 Å². The van der Waals surface area contributed by atoms with Crippen LogP contribution in [0, 0.1) is 0 Å². The van der Waals surface area contributed by atoms with Crippen molar-refractivity contribution in [3.05, 3.63) is 0 Å². The molecule has 0 aromatic heterocycles. The fourth-order valence-corrected chi connectivity index (χ4v) is 0.495. The van der Waals surface area contributed by atoms with Gasteiger partial charge in [-0.05, 0) is 0 Å². The summed E-state index contributed by atoms with van der Waals surface area (Å²) in [5.74, 6) is -1.29. The topological polar surface area (TPSA) is 107 Å². The summed E-state index contributed by atoms with van der Waals surface area (Å²) in [7, 11) is -3.00. The summed E-state index contributed by atoms with van der Waals surface area (Å²) < 4.78 is 23.3. The van der Waals surface area contributed by atoms with Crippen molar-refractivity contribution in [1.29, 1.82) is 0 Å². The molecule has 0 heterocycles. The number of carbonyl (C=O) groups is 1. The van der Waals surface area contributed by atoms with Gasteiger partial charge in [-0.1, -0.05) is 0 Å². The van der Waals surface area contributed by atoms with Gasteiger partial charge in [-0.3, -0.25) is 9.32 Å². The van der Waals surface area contributed by atoms with Gasteiger partial charge in [0.15, 0.2) is 0 Å². The number of hydrogen-bond donors (Lipinski definition) is 2. The molecule has 0 aliphatic heterocycles. The SMILES string of the molecule is NC(COP(=O)=O)C(=O)O. The van der Waals surface area contributed by atoms with E-state index in [0.29, 0.717) is 0 Å². The second-order valence-corrected chi connectivity index (χ2v) is 2.17. The van der Waals surface area contributed by atoms with Crippen molar-refractivity contribution in [3.63, 3.8) is 0 Å². The van der Waals surface area contributed by atoms with Gasteiger partial charge in [-0.15, -0.1) is 0 Å². The first-order valence-electron chi connectivity index (χ1n) is 2.29. The fraction of sp³-hybridized carbons (Fsp3) is 0.667. The summed E-state index contributed by atoms with van der Waals surface area (Å²) in [6.45, 7) is -0.520. The molecule has 0 aromatic carbocycles. The lowest BCUT2D eigenvalue weighted by atomic mass is 10.3. The molecule has 0 radical (unpaired) electrons. The minimum atomic E-state index is -3.00. The first-order chi connectivity index (χ1) is 4.54. The van der Waals surface area contributed by atoms with Gasteiger partial charge in [0.2, 0.25) is 0 Å². The van der Waals surface area contributed by atoms with Gasteiger partial charge in [0.05, 0.1) is 6.61 Å². The number of rotatable bonds is 4. The normalized spacial score (nSPS) is 12.5. The van der Waals surface area contributed by atoms with Gasteiger partial charge in [0.25, 0.3) is 0 Å². The van der Waals surface area contributed by atoms with Crippen molar-refractivity contribution < 1.29 is 23.6 Å². The lowest BCUT2D eigenvalue weighted by molar-refractivity contribution is -0.139. The molecule has 10 heavy (non-hydrogen) atoms. The molecule has 58 valence electrons. The van der Waals surface area contributed by atoms with Crippen LogP contribution in [0.2, 0.25) is 0 Å². The Balaban J connectivity index is 3.59. The molecule has 7 heteroatoms. The van der Waals surface area contributed by atoms with Gasteiger partial charge in [0.1, 0.15) is 6.04 Å². The van der Waals surface area contributed by atoms with E-state index in [-0.39, 0.29) is 0 Å². The van der Waals surface area contributed by atoms with Crippen LogP contribution >= 0.6 is 7.91 Å². The molecule has 3 N–H and O–H groups in total. The molecule has 0 spiro atoms. The summed E-state index contributed by atoms with van der Waals surface area (Å²) in [6.07, 6.45) is 0. The van der Waals surface area contributed by atoms with Crippen LogP contribution in [0.15, 0.2) is 0 Å². The number of carboxylic acid groups (broad SMARTS) is 1. The molecule has 0 aliphatic rings.